The molecule has 0 saturated heterocycles. The molecule has 0 heterocycles. The second kappa shape index (κ2) is 6.72. The fourth-order valence-corrected chi connectivity index (χ4v) is 6.43. The van der Waals surface area contributed by atoms with E-state index in [0.29, 0.717) is 33.4 Å². The summed E-state index contributed by atoms with van der Waals surface area (Å²) < 4.78 is 0. The summed E-state index contributed by atoms with van der Waals surface area (Å²) in [7, 11) is 0. The van der Waals surface area contributed by atoms with Crippen LogP contribution in [-0.2, 0) is 9.59 Å². The summed E-state index contributed by atoms with van der Waals surface area (Å²) in [4.78, 5) is 24.5. The monoisotopic (exact) mass is 394 g/mol. The third-order valence-corrected chi connectivity index (χ3v) is 7.10. The number of carboxylic acid groups (broad SMARTS) is 1. The van der Waals surface area contributed by atoms with Gasteiger partial charge in [-0.3, -0.25) is 4.79 Å². The lowest BCUT2D eigenvalue weighted by atomic mass is 9.49. The maximum Gasteiger partial charge on any atom is 0.226 e. The molecule has 26 heavy (non-hydrogen) atoms. The lowest BCUT2D eigenvalue weighted by molar-refractivity contribution is -0.306. The Hall–Kier alpha value is -1.26. The molecule has 4 aliphatic carbocycles. The largest absolute Gasteiger partial charge is 0.550 e. The molecule has 4 bridgehead atoms. The van der Waals surface area contributed by atoms with Crippen molar-refractivity contribution in [1.29, 1.82) is 0 Å². The molecule has 6 heteroatoms. The number of nitrogens with one attached hydrogen (secondary N) is 1. The van der Waals surface area contributed by atoms with Gasteiger partial charge in [0, 0.05) is 27.9 Å². The van der Waals surface area contributed by atoms with E-state index in [1.54, 1.807) is 18.2 Å². The molecule has 4 fully saturated rings. The normalized spacial score (nSPS) is 33.1. The maximum atomic E-state index is 13.2. The van der Waals surface area contributed by atoms with E-state index in [1.165, 1.54) is 19.3 Å². The number of aliphatic carboxylic acids is 1. The molecule has 0 aromatic heterocycles. The summed E-state index contributed by atoms with van der Waals surface area (Å²) in [6.45, 7) is 0. The van der Waals surface area contributed by atoms with Crippen molar-refractivity contribution in [3.8, 4) is 0 Å². The van der Waals surface area contributed by atoms with E-state index in [0.717, 1.165) is 19.3 Å². The van der Waals surface area contributed by atoms with Gasteiger partial charge in [-0.1, -0.05) is 29.3 Å². The van der Waals surface area contributed by atoms with Crippen LogP contribution in [0.1, 0.15) is 56.6 Å². The zero-order chi connectivity index (χ0) is 18.5. The van der Waals surface area contributed by atoms with Gasteiger partial charge >= 0.3 is 0 Å². The minimum absolute atomic E-state index is 0.0196. The molecule has 1 amide bonds. The van der Waals surface area contributed by atoms with Gasteiger partial charge in [0.15, 0.2) is 0 Å². The number of hydrogen-bond acceptors (Lipinski definition) is 3. The SMILES string of the molecule is O=C([O-])C[C@@H](NC(=O)C12CC3CC(CC(C3)C1)C2)c1ccc(Cl)cc1Cl. The van der Waals surface area contributed by atoms with Gasteiger partial charge in [0.05, 0.1) is 6.04 Å². The first-order valence-corrected chi connectivity index (χ1v) is 10.1. The third-order valence-electron chi connectivity index (χ3n) is 6.53. The van der Waals surface area contributed by atoms with Crippen LogP contribution >= 0.6 is 23.2 Å². The summed E-state index contributed by atoms with van der Waals surface area (Å²) in [6, 6.07) is 4.20. The van der Waals surface area contributed by atoms with Gasteiger partial charge < -0.3 is 15.2 Å². The average Bonchev–Trinajstić information content (AvgIpc) is 2.52. The number of benzene rings is 1. The highest BCUT2D eigenvalue weighted by atomic mass is 35.5. The molecule has 1 atom stereocenters. The van der Waals surface area contributed by atoms with Gasteiger partial charge in [0.25, 0.3) is 0 Å². The Bertz CT molecular complexity index is 713. The molecule has 1 aromatic rings. The first-order valence-electron chi connectivity index (χ1n) is 9.30. The van der Waals surface area contributed by atoms with Crippen molar-refractivity contribution < 1.29 is 14.7 Å². The van der Waals surface area contributed by atoms with Crippen LogP contribution in [0.4, 0.5) is 0 Å². The molecular formula is C20H22Cl2NO3-. The van der Waals surface area contributed by atoms with E-state index >= 15 is 0 Å². The molecule has 5 rings (SSSR count). The number of hydrogen-bond donors (Lipinski definition) is 1. The highest BCUT2D eigenvalue weighted by Gasteiger charge is 2.54. The van der Waals surface area contributed by atoms with Crippen LogP contribution in [0.2, 0.25) is 10.0 Å². The molecule has 0 unspecified atom stereocenters. The van der Waals surface area contributed by atoms with Crippen LogP contribution in [0.25, 0.3) is 0 Å². The third kappa shape index (κ3) is 3.34. The maximum absolute atomic E-state index is 13.2. The van der Waals surface area contributed by atoms with E-state index in [-0.39, 0.29) is 17.7 Å². The Balaban J connectivity index is 1.57. The van der Waals surface area contributed by atoms with E-state index in [2.05, 4.69) is 5.32 Å². The van der Waals surface area contributed by atoms with Crippen LogP contribution in [0.15, 0.2) is 18.2 Å². The second-order valence-corrected chi connectivity index (χ2v) is 9.31. The van der Waals surface area contributed by atoms with Gasteiger partial charge in [-0.25, -0.2) is 0 Å². The predicted octanol–water partition coefficient (Wildman–Crippen LogP) is 3.51. The van der Waals surface area contributed by atoms with Crippen molar-refractivity contribution in [2.24, 2.45) is 23.2 Å². The van der Waals surface area contributed by atoms with Crippen LogP contribution in [-0.4, -0.2) is 11.9 Å². The fraction of sp³-hybridized carbons (Fsp3) is 0.600. The summed E-state index contributed by atoms with van der Waals surface area (Å²) in [5, 5.41) is 15.1. The Morgan fingerprint density at radius 2 is 1.69 bits per heavy atom. The number of carboxylic acids is 1. The number of carbonyl (C=O) groups excluding carboxylic acids is 2. The van der Waals surface area contributed by atoms with Crippen LogP contribution in [0.5, 0.6) is 0 Å². The van der Waals surface area contributed by atoms with Crippen molar-refractivity contribution in [3.63, 3.8) is 0 Å². The Labute approximate surface area is 163 Å². The van der Waals surface area contributed by atoms with E-state index < -0.39 is 12.0 Å². The molecule has 4 nitrogen and oxygen atoms in total. The first kappa shape index (κ1) is 18.1. The fourth-order valence-electron chi connectivity index (χ4n) is 5.89. The second-order valence-electron chi connectivity index (χ2n) is 8.47. The number of amides is 1. The summed E-state index contributed by atoms with van der Waals surface area (Å²) >= 11 is 12.2. The van der Waals surface area contributed by atoms with Crippen molar-refractivity contribution in [1.82, 2.24) is 5.32 Å². The summed E-state index contributed by atoms with van der Waals surface area (Å²) in [5.74, 6) is 0.697. The van der Waals surface area contributed by atoms with Gasteiger partial charge in [-0.05, 0) is 74.0 Å². The van der Waals surface area contributed by atoms with Crippen LogP contribution < -0.4 is 10.4 Å². The van der Waals surface area contributed by atoms with E-state index in [4.69, 9.17) is 23.2 Å². The Morgan fingerprint density at radius 1 is 1.12 bits per heavy atom. The molecule has 1 aromatic carbocycles. The molecule has 1 N–H and O–H groups in total. The Morgan fingerprint density at radius 3 is 2.19 bits per heavy atom. The molecule has 4 saturated carbocycles. The molecule has 0 radical (unpaired) electrons. The van der Waals surface area contributed by atoms with Crippen molar-refractivity contribution in [2.75, 3.05) is 0 Å². The van der Waals surface area contributed by atoms with E-state index in [9.17, 15) is 14.7 Å². The highest BCUT2D eigenvalue weighted by molar-refractivity contribution is 6.35. The molecule has 0 aliphatic heterocycles. The molecule has 4 aliphatic rings. The molecule has 140 valence electrons. The Kier molecular flexibility index (Phi) is 4.68. The van der Waals surface area contributed by atoms with Crippen LogP contribution in [0.3, 0.4) is 0 Å². The van der Waals surface area contributed by atoms with Gasteiger partial charge in [0.2, 0.25) is 5.91 Å². The van der Waals surface area contributed by atoms with Crippen molar-refractivity contribution in [3.05, 3.63) is 33.8 Å². The minimum Gasteiger partial charge on any atom is -0.550 e. The van der Waals surface area contributed by atoms with Gasteiger partial charge in [-0.2, -0.15) is 0 Å². The van der Waals surface area contributed by atoms with Crippen molar-refractivity contribution in [2.45, 2.75) is 51.0 Å². The minimum atomic E-state index is -1.22. The highest BCUT2D eigenvalue weighted by Crippen LogP contribution is 2.60. The number of carbonyl (C=O) groups is 2. The lowest BCUT2D eigenvalue weighted by Gasteiger charge is -2.55. The van der Waals surface area contributed by atoms with Crippen molar-refractivity contribution >= 4 is 35.1 Å². The average molecular weight is 395 g/mol. The summed E-state index contributed by atoms with van der Waals surface area (Å²) in [6.07, 6.45) is 6.22. The zero-order valence-corrected chi connectivity index (χ0v) is 16.0. The van der Waals surface area contributed by atoms with Crippen LogP contribution in [0, 0.1) is 23.2 Å². The topological polar surface area (TPSA) is 69.2 Å². The van der Waals surface area contributed by atoms with Gasteiger partial charge in [-0.15, -0.1) is 0 Å². The lowest BCUT2D eigenvalue weighted by Crippen LogP contribution is -2.54. The number of halogens is 2. The quantitative estimate of drug-likeness (QED) is 0.830. The summed E-state index contributed by atoms with van der Waals surface area (Å²) in [5.41, 5.74) is 0.232. The smallest absolute Gasteiger partial charge is 0.226 e. The standard InChI is InChI=1S/C20H23Cl2NO3/c21-14-1-2-15(16(22)6-14)17(7-18(24)25)23-19(26)20-8-11-3-12(9-20)5-13(4-11)10-20/h1-2,6,11-13,17H,3-5,7-10H2,(H,23,26)(H,24,25)/p-1/t11?,12?,13?,17-,20?/m1/s1. The van der Waals surface area contributed by atoms with E-state index in [1.807, 2.05) is 0 Å². The molecular weight excluding hydrogens is 373 g/mol. The number of rotatable bonds is 5. The van der Waals surface area contributed by atoms with Gasteiger partial charge in [0.1, 0.15) is 0 Å². The predicted molar refractivity (Wildman–Crippen MR) is 97.6 cm³/mol. The first-order chi connectivity index (χ1) is 12.3. The molecule has 0 spiro atoms. The zero-order valence-electron chi connectivity index (χ0n) is 14.5.